The molecule has 0 aliphatic carbocycles. The fourth-order valence-electron chi connectivity index (χ4n) is 2.49. The first-order chi connectivity index (χ1) is 9.40. The summed E-state index contributed by atoms with van der Waals surface area (Å²) in [5, 5.41) is 13.5. The van der Waals surface area contributed by atoms with Gasteiger partial charge in [-0.2, -0.15) is 5.10 Å². The Morgan fingerprint density at radius 1 is 1.40 bits per heavy atom. The molecule has 0 unspecified atom stereocenters. The van der Waals surface area contributed by atoms with Crippen LogP contribution in [0.25, 0.3) is 0 Å². The summed E-state index contributed by atoms with van der Waals surface area (Å²) in [5.74, 6) is -0.321. The predicted octanol–water partition coefficient (Wildman–Crippen LogP) is 2.37. The molecule has 5 heteroatoms. The average Bonchev–Trinajstić information content (AvgIpc) is 2.64. The largest absolute Gasteiger partial charge is 0.477 e. The van der Waals surface area contributed by atoms with Crippen molar-refractivity contribution in [3.05, 3.63) is 46.6 Å². The standard InChI is InChI=1S/C15H19N3O2/c1-10-6-5-7-12(8-10)9-17(3)14-13(15(19)20)11(2)16-18(14)4/h5-8H,9H2,1-4H3,(H,19,20). The van der Waals surface area contributed by atoms with Gasteiger partial charge in [-0.15, -0.1) is 0 Å². The minimum absolute atomic E-state index is 0.266. The molecule has 0 atom stereocenters. The highest BCUT2D eigenvalue weighted by Gasteiger charge is 2.22. The van der Waals surface area contributed by atoms with Crippen LogP contribution < -0.4 is 4.90 Å². The van der Waals surface area contributed by atoms with E-state index in [1.807, 2.05) is 37.1 Å². The third-order valence-corrected chi connectivity index (χ3v) is 3.27. The molecule has 0 aliphatic heterocycles. The summed E-state index contributed by atoms with van der Waals surface area (Å²) in [6.45, 7) is 4.40. The Bertz CT molecular complexity index is 647. The highest BCUT2D eigenvalue weighted by atomic mass is 16.4. The van der Waals surface area contributed by atoms with Crippen molar-refractivity contribution in [2.45, 2.75) is 20.4 Å². The molecule has 1 aromatic heterocycles. The smallest absolute Gasteiger partial charge is 0.341 e. The van der Waals surface area contributed by atoms with E-state index < -0.39 is 5.97 Å². The maximum atomic E-state index is 11.4. The first kappa shape index (κ1) is 14.1. The summed E-state index contributed by atoms with van der Waals surface area (Å²) in [6, 6.07) is 8.18. The van der Waals surface area contributed by atoms with Gasteiger partial charge in [0.05, 0.1) is 5.69 Å². The van der Waals surface area contributed by atoms with Crippen LogP contribution in [0.15, 0.2) is 24.3 Å². The van der Waals surface area contributed by atoms with Gasteiger partial charge >= 0.3 is 5.97 Å². The van der Waals surface area contributed by atoms with E-state index in [-0.39, 0.29) is 5.56 Å². The van der Waals surface area contributed by atoms with Crippen molar-refractivity contribution >= 4 is 11.8 Å². The van der Waals surface area contributed by atoms with E-state index in [1.54, 1.807) is 18.7 Å². The van der Waals surface area contributed by atoms with Crippen LogP contribution >= 0.6 is 0 Å². The lowest BCUT2D eigenvalue weighted by Crippen LogP contribution is -2.21. The van der Waals surface area contributed by atoms with Gasteiger partial charge in [0.15, 0.2) is 0 Å². The number of carbonyl (C=O) groups is 1. The number of aryl methyl sites for hydroxylation is 3. The van der Waals surface area contributed by atoms with Crippen molar-refractivity contribution in [1.82, 2.24) is 9.78 Å². The van der Waals surface area contributed by atoms with E-state index in [9.17, 15) is 9.90 Å². The second-order valence-corrected chi connectivity index (χ2v) is 5.06. The van der Waals surface area contributed by atoms with Gasteiger partial charge in [0.1, 0.15) is 11.4 Å². The summed E-state index contributed by atoms with van der Waals surface area (Å²) < 4.78 is 1.62. The molecule has 0 spiro atoms. The Morgan fingerprint density at radius 2 is 2.10 bits per heavy atom. The molecule has 0 radical (unpaired) electrons. The summed E-state index contributed by atoms with van der Waals surface area (Å²) >= 11 is 0. The Morgan fingerprint density at radius 3 is 2.70 bits per heavy atom. The number of carboxylic acid groups (broad SMARTS) is 1. The van der Waals surface area contributed by atoms with Crippen molar-refractivity contribution in [2.24, 2.45) is 7.05 Å². The summed E-state index contributed by atoms with van der Waals surface area (Å²) in [7, 11) is 3.65. The monoisotopic (exact) mass is 273 g/mol. The quantitative estimate of drug-likeness (QED) is 0.929. The molecule has 5 nitrogen and oxygen atoms in total. The number of nitrogens with zero attached hydrogens (tertiary/aromatic N) is 3. The lowest BCUT2D eigenvalue weighted by molar-refractivity contribution is 0.0696. The van der Waals surface area contributed by atoms with Crippen LogP contribution in [0, 0.1) is 13.8 Å². The van der Waals surface area contributed by atoms with Crippen molar-refractivity contribution in [3.8, 4) is 0 Å². The molecule has 1 N–H and O–H groups in total. The molecule has 0 fully saturated rings. The maximum Gasteiger partial charge on any atom is 0.341 e. The van der Waals surface area contributed by atoms with Crippen LogP contribution in [0.5, 0.6) is 0 Å². The first-order valence-corrected chi connectivity index (χ1v) is 6.43. The first-order valence-electron chi connectivity index (χ1n) is 6.43. The highest BCUT2D eigenvalue weighted by molar-refractivity contribution is 5.94. The van der Waals surface area contributed by atoms with Gasteiger partial charge < -0.3 is 10.0 Å². The topological polar surface area (TPSA) is 58.4 Å². The molecule has 1 heterocycles. The molecule has 0 amide bonds. The second kappa shape index (κ2) is 5.36. The van der Waals surface area contributed by atoms with E-state index in [0.29, 0.717) is 18.1 Å². The average molecular weight is 273 g/mol. The fraction of sp³-hybridized carbons (Fsp3) is 0.333. The van der Waals surface area contributed by atoms with Gasteiger partial charge in [-0.3, -0.25) is 4.68 Å². The third kappa shape index (κ3) is 2.66. The molecule has 0 saturated heterocycles. The zero-order valence-corrected chi connectivity index (χ0v) is 12.2. The molecule has 106 valence electrons. The van der Waals surface area contributed by atoms with Gasteiger partial charge in [-0.1, -0.05) is 29.8 Å². The highest BCUT2D eigenvalue weighted by Crippen LogP contribution is 2.23. The summed E-state index contributed by atoms with van der Waals surface area (Å²) in [4.78, 5) is 13.3. The van der Waals surface area contributed by atoms with E-state index >= 15 is 0 Å². The summed E-state index contributed by atoms with van der Waals surface area (Å²) in [6.07, 6.45) is 0. The van der Waals surface area contributed by atoms with E-state index in [4.69, 9.17) is 0 Å². The van der Waals surface area contributed by atoms with Gasteiger partial charge in [-0.05, 0) is 19.4 Å². The van der Waals surface area contributed by atoms with Crippen molar-refractivity contribution in [1.29, 1.82) is 0 Å². The van der Waals surface area contributed by atoms with Crippen molar-refractivity contribution in [3.63, 3.8) is 0 Å². The molecular formula is C15H19N3O2. The number of hydrogen-bond acceptors (Lipinski definition) is 3. The van der Waals surface area contributed by atoms with Gasteiger partial charge in [0, 0.05) is 20.6 Å². The fourth-order valence-corrected chi connectivity index (χ4v) is 2.49. The third-order valence-electron chi connectivity index (χ3n) is 3.27. The van der Waals surface area contributed by atoms with Crippen molar-refractivity contribution < 1.29 is 9.90 Å². The Balaban J connectivity index is 2.34. The number of carboxylic acids is 1. The second-order valence-electron chi connectivity index (χ2n) is 5.06. The van der Waals surface area contributed by atoms with Gasteiger partial charge in [0.25, 0.3) is 0 Å². The minimum Gasteiger partial charge on any atom is -0.477 e. The van der Waals surface area contributed by atoms with Crippen LogP contribution in [0.1, 0.15) is 27.2 Å². The van der Waals surface area contributed by atoms with Crippen LogP contribution in [-0.2, 0) is 13.6 Å². The van der Waals surface area contributed by atoms with Crippen LogP contribution in [0.3, 0.4) is 0 Å². The zero-order valence-electron chi connectivity index (χ0n) is 12.2. The molecule has 2 rings (SSSR count). The van der Waals surface area contributed by atoms with E-state index in [1.165, 1.54) is 5.56 Å². The Hall–Kier alpha value is -2.30. The summed E-state index contributed by atoms with van der Waals surface area (Å²) in [5.41, 5.74) is 3.13. The molecule has 20 heavy (non-hydrogen) atoms. The lowest BCUT2D eigenvalue weighted by Gasteiger charge is -2.20. The van der Waals surface area contributed by atoms with Crippen LogP contribution in [0.4, 0.5) is 5.82 Å². The van der Waals surface area contributed by atoms with Crippen LogP contribution in [0.2, 0.25) is 0 Å². The number of rotatable bonds is 4. The maximum absolute atomic E-state index is 11.4. The zero-order chi connectivity index (χ0) is 14.9. The normalized spacial score (nSPS) is 10.6. The molecule has 2 aromatic rings. The number of anilines is 1. The molecule has 0 saturated carbocycles. The minimum atomic E-state index is -0.943. The van der Waals surface area contributed by atoms with E-state index in [2.05, 4.69) is 11.2 Å². The Labute approximate surface area is 118 Å². The molecule has 0 aliphatic rings. The predicted molar refractivity (Wildman–Crippen MR) is 78.2 cm³/mol. The van der Waals surface area contributed by atoms with Gasteiger partial charge in [0.2, 0.25) is 0 Å². The molecule has 0 bridgehead atoms. The van der Waals surface area contributed by atoms with Gasteiger partial charge in [-0.25, -0.2) is 4.79 Å². The molecular weight excluding hydrogens is 254 g/mol. The van der Waals surface area contributed by atoms with E-state index in [0.717, 1.165) is 5.56 Å². The number of benzene rings is 1. The lowest BCUT2D eigenvalue weighted by atomic mass is 10.1. The SMILES string of the molecule is Cc1cccc(CN(C)c2c(C(=O)O)c(C)nn2C)c1. The number of hydrogen-bond donors (Lipinski definition) is 1. The number of aromatic carboxylic acids is 1. The van der Waals surface area contributed by atoms with Crippen LogP contribution in [-0.4, -0.2) is 27.9 Å². The Kier molecular flexibility index (Phi) is 3.79. The molecule has 1 aromatic carbocycles. The number of aromatic nitrogens is 2. The van der Waals surface area contributed by atoms with Crippen molar-refractivity contribution in [2.75, 3.05) is 11.9 Å².